The minimum atomic E-state index is -4.29. The molecule has 20 heavy (non-hydrogen) atoms. The Labute approximate surface area is 118 Å². The van der Waals surface area contributed by atoms with Gasteiger partial charge in [0.1, 0.15) is 0 Å². The van der Waals surface area contributed by atoms with Crippen molar-refractivity contribution in [2.24, 2.45) is 5.73 Å². The van der Waals surface area contributed by atoms with Crippen LogP contribution >= 0.6 is 0 Å². The number of nitrogens with two attached hydrogens (primary N) is 1. The summed E-state index contributed by atoms with van der Waals surface area (Å²) in [5, 5.41) is 0. The van der Waals surface area contributed by atoms with E-state index in [1.165, 1.54) is 12.1 Å². The van der Waals surface area contributed by atoms with Crippen molar-refractivity contribution in [2.75, 3.05) is 13.1 Å². The van der Waals surface area contributed by atoms with Gasteiger partial charge in [0, 0.05) is 18.6 Å². The highest BCUT2D eigenvalue weighted by Crippen LogP contribution is 2.31. The molecule has 0 aliphatic rings. The summed E-state index contributed by atoms with van der Waals surface area (Å²) in [7, 11) is 0. The van der Waals surface area contributed by atoms with E-state index in [-0.39, 0.29) is 6.04 Å². The van der Waals surface area contributed by atoms with E-state index >= 15 is 0 Å². The van der Waals surface area contributed by atoms with Crippen molar-refractivity contribution in [3.8, 4) is 0 Å². The summed E-state index contributed by atoms with van der Waals surface area (Å²) in [6.07, 6.45) is -3.32. The van der Waals surface area contributed by atoms with Crippen LogP contribution in [0.5, 0.6) is 0 Å². The van der Waals surface area contributed by atoms with Gasteiger partial charge in [0.05, 0.1) is 5.56 Å². The maximum Gasteiger partial charge on any atom is 0.416 e. The van der Waals surface area contributed by atoms with Gasteiger partial charge in [-0.1, -0.05) is 26.0 Å². The molecule has 2 N–H and O–H groups in total. The van der Waals surface area contributed by atoms with Crippen molar-refractivity contribution in [2.45, 2.75) is 45.5 Å². The van der Waals surface area contributed by atoms with Crippen LogP contribution in [0.25, 0.3) is 0 Å². The predicted molar refractivity (Wildman–Crippen MR) is 75.4 cm³/mol. The van der Waals surface area contributed by atoms with Crippen LogP contribution in [-0.2, 0) is 6.18 Å². The summed E-state index contributed by atoms with van der Waals surface area (Å²) in [5.74, 6) is 0. The fourth-order valence-electron chi connectivity index (χ4n) is 2.43. The van der Waals surface area contributed by atoms with E-state index in [0.717, 1.165) is 30.7 Å². The molecule has 2 unspecified atom stereocenters. The Morgan fingerprint density at radius 2 is 1.70 bits per heavy atom. The highest BCUT2D eigenvalue weighted by Gasteiger charge is 2.30. The fraction of sp³-hybridized carbons (Fsp3) is 0.600. The fourth-order valence-corrected chi connectivity index (χ4v) is 2.43. The largest absolute Gasteiger partial charge is 0.416 e. The average molecular weight is 288 g/mol. The zero-order chi connectivity index (χ0) is 15.3. The predicted octanol–water partition coefficient (Wildman–Crippen LogP) is 3.83. The number of alkyl halides is 3. The van der Waals surface area contributed by atoms with Crippen molar-refractivity contribution >= 4 is 0 Å². The lowest BCUT2D eigenvalue weighted by Gasteiger charge is -2.35. The number of benzene rings is 1. The second kappa shape index (κ2) is 7.09. The first kappa shape index (κ1) is 17.0. The van der Waals surface area contributed by atoms with Crippen molar-refractivity contribution in [3.63, 3.8) is 0 Å². The third-order valence-corrected chi connectivity index (χ3v) is 3.77. The van der Waals surface area contributed by atoms with Crippen LogP contribution in [0, 0.1) is 0 Å². The highest BCUT2D eigenvalue weighted by molar-refractivity contribution is 5.27. The van der Waals surface area contributed by atoms with Gasteiger partial charge < -0.3 is 5.73 Å². The third-order valence-electron chi connectivity index (χ3n) is 3.77. The van der Waals surface area contributed by atoms with Gasteiger partial charge in [-0.25, -0.2) is 0 Å². The molecule has 0 bridgehead atoms. The van der Waals surface area contributed by atoms with Crippen molar-refractivity contribution in [3.05, 3.63) is 35.4 Å². The molecule has 1 aromatic carbocycles. The lowest BCUT2D eigenvalue weighted by molar-refractivity contribution is -0.137. The van der Waals surface area contributed by atoms with Gasteiger partial charge in [-0.15, -0.1) is 0 Å². The van der Waals surface area contributed by atoms with E-state index in [2.05, 4.69) is 18.7 Å². The molecular formula is C15H23F3N2. The minimum Gasteiger partial charge on any atom is -0.329 e. The summed E-state index contributed by atoms with van der Waals surface area (Å²) in [4.78, 5) is 2.22. The molecule has 2 nitrogen and oxygen atoms in total. The van der Waals surface area contributed by atoms with E-state index < -0.39 is 11.7 Å². The highest BCUT2D eigenvalue weighted by atomic mass is 19.4. The maximum atomic E-state index is 12.6. The molecule has 0 aromatic heterocycles. The summed E-state index contributed by atoms with van der Waals surface area (Å²) >= 11 is 0. The molecule has 2 atom stereocenters. The van der Waals surface area contributed by atoms with E-state index in [1.807, 2.05) is 6.92 Å². The van der Waals surface area contributed by atoms with Gasteiger partial charge in [-0.2, -0.15) is 13.2 Å². The summed E-state index contributed by atoms with van der Waals surface area (Å²) in [6, 6.07) is 5.62. The molecule has 0 saturated carbocycles. The molecule has 0 aliphatic carbocycles. The number of halogens is 3. The van der Waals surface area contributed by atoms with Gasteiger partial charge in [0.2, 0.25) is 0 Å². The van der Waals surface area contributed by atoms with Crippen LogP contribution in [0.4, 0.5) is 13.2 Å². The van der Waals surface area contributed by atoms with Crippen molar-refractivity contribution in [1.82, 2.24) is 4.90 Å². The van der Waals surface area contributed by atoms with Crippen LogP contribution in [0.15, 0.2) is 24.3 Å². The quantitative estimate of drug-likeness (QED) is 0.862. The van der Waals surface area contributed by atoms with Gasteiger partial charge in [-0.3, -0.25) is 4.90 Å². The van der Waals surface area contributed by atoms with Crippen LogP contribution in [0.1, 0.15) is 44.4 Å². The zero-order valence-electron chi connectivity index (χ0n) is 12.2. The first-order valence-corrected chi connectivity index (χ1v) is 6.98. The molecule has 1 rings (SSSR count). The number of hydrogen-bond acceptors (Lipinski definition) is 2. The number of hydrogen-bond donors (Lipinski definition) is 1. The van der Waals surface area contributed by atoms with E-state index in [1.54, 1.807) is 0 Å². The molecule has 114 valence electrons. The first-order chi connectivity index (χ1) is 9.35. The van der Waals surface area contributed by atoms with Gasteiger partial charge >= 0.3 is 6.18 Å². The van der Waals surface area contributed by atoms with E-state index in [9.17, 15) is 13.2 Å². The second-order valence-electron chi connectivity index (χ2n) is 4.96. The minimum absolute atomic E-state index is 0.0442. The number of nitrogens with zero attached hydrogens (tertiary/aromatic N) is 1. The lowest BCUT2D eigenvalue weighted by Crippen LogP contribution is -2.39. The Bertz CT molecular complexity index is 401. The molecule has 0 radical (unpaired) electrons. The molecule has 0 fully saturated rings. The van der Waals surface area contributed by atoms with E-state index in [4.69, 9.17) is 5.73 Å². The zero-order valence-corrected chi connectivity index (χ0v) is 12.2. The molecule has 0 amide bonds. The molecule has 1 aromatic rings. The standard InChI is InChI=1S/C15H23F3N2/c1-4-11(3)20(5-2)14(10-19)12-6-8-13(9-7-12)15(16,17)18/h6-9,11,14H,4-5,10,19H2,1-3H3. The Morgan fingerprint density at radius 1 is 1.15 bits per heavy atom. The Morgan fingerprint density at radius 3 is 2.05 bits per heavy atom. The summed E-state index contributed by atoms with van der Waals surface area (Å²) in [5.41, 5.74) is 6.05. The van der Waals surface area contributed by atoms with Gasteiger partial charge in [0.25, 0.3) is 0 Å². The normalized spacial score (nSPS) is 15.4. The van der Waals surface area contributed by atoms with Gasteiger partial charge in [-0.05, 0) is 37.6 Å². The lowest BCUT2D eigenvalue weighted by atomic mass is 10.0. The smallest absolute Gasteiger partial charge is 0.329 e. The number of likely N-dealkylation sites (N-methyl/N-ethyl adjacent to an activating group) is 1. The third kappa shape index (κ3) is 3.96. The van der Waals surface area contributed by atoms with Crippen LogP contribution in [-0.4, -0.2) is 24.0 Å². The molecular weight excluding hydrogens is 265 g/mol. The molecule has 0 aliphatic heterocycles. The maximum absolute atomic E-state index is 12.6. The van der Waals surface area contributed by atoms with Crippen molar-refractivity contribution < 1.29 is 13.2 Å². The second-order valence-corrected chi connectivity index (χ2v) is 4.96. The summed E-state index contributed by atoms with van der Waals surface area (Å²) in [6.45, 7) is 7.45. The van der Waals surface area contributed by atoms with E-state index in [0.29, 0.717) is 12.6 Å². The van der Waals surface area contributed by atoms with Gasteiger partial charge in [0.15, 0.2) is 0 Å². The van der Waals surface area contributed by atoms with Crippen LogP contribution in [0.2, 0.25) is 0 Å². The topological polar surface area (TPSA) is 29.3 Å². The average Bonchev–Trinajstić information content (AvgIpc) is 2.43. The molecule has 0 spiro atoms. The monoisotopic (exact) mass is 288 g/mol. The van der Waals surface area contributed by atoms with Crippen molar-refractivity contribution in [1.29, 1.82) is 0 Å². The summed E-state index contributed by atoms with van der Waals surface area (Å²) < 4.78 is 37.7. The Kier molecular flexibility index (Phi) is 6.02. The molecule has 0 heterocycles. The SMILES string of the molecule is CCC(C)N(CC)C(CN)c1ccc(C(F)(F)F)cc1. The molecule has 5 heteroatoms. The number of rotatable bonds is 6. The van der Waals surface area contributed by atoms with Crippen LogP contribution < -0.4 is 5.73 Å². The Hall–Kier alpha value is -1.07. The molecule has 0 saturated heterocycles. The van der Waals surface area contributed by atoms with Crippen LogP contribution in [0.3, 0.4) is 0 Å². The Balaban J connectivity index is 3.00. The first-order valence-electron chi connectivity index (χ1n) is 6.98.